The number of nitrogens with zero attached hydrogens (tertiary/aromatic N) is 1. The summed E-state index contributed by atoms with van der Waals surface area (Å²) in [7, 11) is 0. The van der Waals surface area contributed by atoms with E-state index in [0.29, 0.717) is 21.1 Å². The topological polar surface area (TPSA) is 52.4 Å². The third-order valence-electron chi connectivity index (χ3n) is 2.51. The number of para-hydroxylation sites is 1. The first kappa shape index (κ1) is 15.1. The molecule has 0 radical (unpaired) electrons. The van der Waals surface area contributed by atoms with Crippen molar-refractivity contribution in [3.8, 4) is 11.5 Å². The van der Waals surface area contributed by atoms with E-state index < -0.39 is 4.92 Å². The highest BCUT2D eigenvalue weighted by Crippen LogP contribution is 2.40. The molecule has 0 amide bonds. The standard InChI is InChI=1S/C13H8BrCl2NO3/c14-9-2-1-3-11(17(18)19)13(9)20-12-5-4-8(7-15)6-10(12)16/h1-6H,7H2. The van der Waals surface area contributed by atoms with Crippen LogP contribution in [0, 0.1) is 10.1 Å². The smallest absolute Gasteiger partial charge is 0.312 e. The Kier molecular flexibility index (Phi) is 4.86. The predicted octanol–water partition coefficient (Wildman–Crippen LogP) is 5.54. The number of rotatable bonds is 4. The van der Waals surface area contributed by atoms with Crippen molar-refractivity contribution in [2.75, 3.05) is 0 Å². The van der Waals surface area contributed by atoms with E-state index in [9.17, 15) is 10.1 Å². The lowest BCUT2D eigenvalue weighted by atomic mass is 10.2. The van der Waals surface area contributed by atoms with Gasteiger partial charge in [0.05, 0.1) is 14.4 Å². The minimum Gasteiger partial charge on any atom is -0.447 e. The Hall–Kier alpha value is -1.30. The molecule has 0 bridgehead atoms. The van der Waals surface area contributed by atoms with Crippen molar-refractivity contribution in [1.29, 1.82) is 0 Å². The molecule has 2 rings (SSSR count). The van der Waals surface area contributed by atoms with Crippen molar-refractivity contribution in [3.63, 3.8) is 0 Å². The molecule has 2 aromatic carbocycles. The fourth-order valence-electron chi connectivity index (χ4n) is 1.56. The SMILES string of the molecule is O=[N+]([O-])c1cccc(Br)c1Oc1ccc(CCl)cc1Cl. The predicted molar refractivity (Wildman–Crippen MR) is 81.9 cm³/mol. The second-order valence-electron chi connectivity index (χ2n) is 3.85. The molecule has 0 heterocycles. The van der Waals surface area contributed by atoms with Gasteiger partial charge in [-0.25, -0.2) is 0 Å². The van der Waals surface area contributed by atoms with E-state index in [2.05, 4.69) is 15.9 Å². The fraction of sp³-hybridized carbons (Fsp3) is 0.0769. The summed E-state index contributed by atoms with van der Waals surface area (Å²) in [6, 6.07) is 9.62. The molecule has 0 atom stereocenters. The van der Waals surface area contributed by atoms with E-state index >= 15 is 0 Å². The number of hydrogen-bond acceptors (Lipinski definition) is 3. The van der Waals surface area contributed by atoms with E-state index in [4.69, 9.17) is 27.9 Å². The summed E-state index contributed by atoms with van der Waals surface area (Å²) >= 11 is 15.0. The van der Waals surface area contributed by atoms with Gasteiger partial charge in [-0.05, 0) is 39.7 Å². The third kappa shape index (κ3) is 3.23. The molecule has 0 aromatic heterocycles. The van der Waals surface area contributed by atoms with E-state index in [1.807, 2.05) is 0 Å². The van der Waals surface area contributed by atoms with Crippen molar-refractivity contribution >= 4 is 44.8 Å². The zero-order valence-corrected chi connectivity index (χ0v) is 13.1. The largest absolute Gasteiger partial charge is 0.447 e. The molecule has 20 heavy (non-hydrogen) atoms. The highest BCUT2D eigenvalue weighted by atomic mass is 79.9. The summed E-state index contributed by atoms with van der Waals surface area (Å²) in [5.41, 5.74) is 0.697. The Morgan fingerprint density at radius 1 is 1.30 bits per heavy atom. The van der Waals surface area contributed by atoms with Crippen LogP contribution in [0.15, 0.2) is 40.9 Å². The van der Waals surface area contributed by atoms with Crippen molar-refractivity contribution < 1.29 is 9.66 Å². The number of hydrogen-bond donors (Lipinski definition) is 0. The molecule has 2 aromatic rings. The Labute approximate surface area is 133 Å². The maximum atomic E-state index is 11.0. The van der Waals surface area contributed by atoms with Crippen LogP contribution < -0.4 is 4.74 Å². The van der Waals surface area contributed by atoms with E-state index in [1.54, 1.807) is 30.3 Å². The molecule has 0 aliphatic rings. The molecule has 0 spiro atoms. The molecule has 104 valence electrons. The summed E-state index contributed by atoms with van der Waals surface area (Å²) < 4.78 is 6.04. The second-order valence-corrected chi connectivity index (χ2v) is 5.37. The summed E-state index contributed by atoms with van der Waals surface area (Å²) in [5.74, 6) is 0.767. The van der Waals surface area contributed by atoms with E-state index in [0.717, 1.165) is 5.56 Å². The van der Waals surface area contributed by atoms with Crippen LogP contribution >= 0.6 is 39.1 Å². The molecular weight excluding hydrogens is 369 g/mol. The summed E-state index contributed by atoms with van der Waals surface area (Å²) in [6.07, 6.45) is 0. The van der Waals surface area contributed by atoms with Crippen molar-refractivity contribution in [2.45, 2.75) is 5.88 Å². The Morgan fingerprint density at radius 3 is 2.65 bits per heavy atom. The van der Waals surface area contributed by atoms with Gasteiger partial charge in [0.2, 0.25) is 5.75 Å². The maximum Gasteiger partial charge on any atom is 0.312 e. The first-order chi connectivity index (χ1) is 9.52. The zero-order valence-electron chi connectivity index (χ0n) is 9.98. The van der Waals surface area contributed by atoms with Gasteiger partial charge in [-0.1, -0.05) is 23.7 Å². The maximum absolute atomic E-state index is 11.0. The molecule has 0 fully saturated rings. The number of alkyl halides is 1. The molecule has 0 N–H and O–H groups in total. The number of benzene rings is 2. The van der Waals surface area contributed by atoms with Gasteiger partial charge in [-0.3, -0.25) is 10.1 Å². The van der Waals surface area contributed by atoms with Crippen molar-refractivity contribution in [1.82, 2.24) is 0 Å². The van der Waals surface area contributed by atoms with Crippen molar-refractivity contribution in [2.24, 2.45) is 0 Å². The molecule has 0 aliphatic heterocycles. The van der Waals surface area contributed by atoms with Gasteiger partial charge in [0, 0.05) is 11.9 Å². The molecule has 0 unspecified atom stereocenters. The van der Waals surface area contributed by atoms with Crippen LogP contribution in [0.5, 0.6) is 11.5 Å². The Morgan fingerprint density at radius 2 is 2.05 bits per heavy atom. The van der Waals surface area contributed by atoms with Crippen LogP contribution in [0.1, 0.15) is 5.56 Å². The molecule has 0 saturated heterocycles. The Balaban J connectivity index is 2.42. The zero-order chi connectivity index (χ0) is 14.7. The minimum atomic E-state index is -0.513. The Bertz CT molecular complexity index is 664. The average Bonchev–Trinajstić information content (AvgIpc) is 2.42. The van der Waals surface area contributed by atoms with Crippen LogP contribution in [-0.2, 0) is 5.88 Å². The van der Waals surface area contributed by atoms with Crippen LogP contribution in [-0.4, -0.2) is 4.92 Å². The molecule has 7 heteroatoms. The third-order valence-corrected chi connectivity index (χ3v) is 3.73. The lowest BCUT2D eigenvalue weighted by molar-refractivity contribution is -0.385. The molecule has 4 nitrogen and oxygen atoms in total. The van der Waals surface area contributed by atoms with Gasteiger partial charge in [0.25, 0.3) is 0 Å². The van der Waals surface area contributed by atoms with Gasteiger partial charge >= 0.3 is 5.69 Å². The first-order valence-corrected chi connectivity index (χ1v) is 7.18. The normalized spacial score (nSPS) is 10.3. The summed E-state index contributed by atoms with van der Waals surface area (Å²) in [4.78, 5) is 10.5. The lowest BCUT2D eigenvalue weighted by Gasteiger charge is -2.10. The lowest BCUT2D eigenvalue weighted by Crippen LogP contribution is -1.95. The number of halogens is 3. The van der Waals surface area contributed by atoms with Gasteiger partial charge in [0.1, 0.15) is 5.75 Å². The van der Waals surface area contributed by atoms with Gasteiger partial charge in [-0.2, -0.15) is 0 Å². The van der Waals surface area contributed by atoms with Crippen molar-refractivity contribution in [3.05, 3.63) is 61.6 Å². The first-order valence-electron chi connectivity index (χ1n) is 5.48. The van der Waals surface area contributed by atoms with Gasteiger partial charge < -0.3 is 4.74 Å². The monoisotopic (exact) mass is 375 g/mol. The molecule has 0 aliphatic carbocycles. The quantitative estimate of drug-likeness (QED) is 0.399. The number of nitro benzene ring substituents is 1. The number of ether oxygens (including phenoxy) is 1. The number of nitro groups is 1. The minimum absolute atomic E-state index is 0.109. The fourth-order valence-corrected chi connectivity index (χ4v) is 2.41. The van der Waals surface area contributed by atoms with Gasteiger partial charge in [-0.15, -0.1) is 11.6 Å². The van der Waals surface area contributed by atoms with Crippen LogP contribution in [0.2, 0.25) is 5.02 Å². The average molecular weight is 377 g/mol. The molecular formula is C13H8BrCl2NO3. The van der Waals surface area contributed by atoms with Crippen LogP contribution in [0.3, 0.4) is 0 Å². The van der Waals surface area contributed by atoms with E-state index in [1.165, 1.54) is 6.07 Å². The summed E-state index contributed by atoms with van der Waals surface area (Å²) in [6.45, 7) is 0. The van der Waals surface area contributed by atoms with Crippen LogP contribution in [0.4, 0.5) is 5.69 Å². The second kappa shape index (κ2) is 6.43. The van der Waals surface area contributed by atoms with Crippen LogP contribution in [0.25, 0.3) is 0 Å². The summed E-state index contributed by atoms with van der Waals surface area (Å²) in [5, 5.41) is 11.3. The van der Waals surface area contributed by atoms with E-state index in [-0.39, 0.29) is 11.4 Å². The highest BCUT2D eigenvalue weighted by Gasteiger charge is 2.19. The van der Waals surface area contributed by atoms with Gasteiger partial charge in [0.15, 0.2) is 0 Å². The highest BCUT2D eigenvalue weighted by molar-refractivity contribution is 9.10. The molecule has 0 saturated carbocycles.